The highest BCUT2D eigenvalue weighted by molar-refractivity contribution is 6.08. The van der Waals surface area contributed by atoms with E-state index >= 15 is 0 Å². The zero-order valence-electron chi connectivity index (χ0n) is 24.2. The number of aromatic nitrogens is 1. The van der Waals surface area contributed by atoms with Crippen LogP contribution in [0.25, 0.3) is 66.4 Å². The van der Waals surface area contributed by atoms with Gasteiger partial charge in [-0.3, -0.25) is 0 Å². The predicted molar refractivity (Wildman–Crippen MR) is 184 cm³/mol. The molecular formula is C41H26N2O2. The molecule has 2 heterocycles. The molecule has 0 saturated heterocycles. The second-order valence-electron chi connectivity index (χ2n) is 11.2. The Bertz CT molecular complexity index is 2490. The summed E-state index contributed by atoms with van der Waals surface area (Å²) in [5.41, 5.74) is 9.76. The van der Waals surface area contributed by atoms with Crippen molar-refractivity contribution in [3.63, 3.8) is 0 Å². The fraction of sp³-hybridized carbons (Fsp3) is 0. The first-order valence-electron chi connectivity index (χ1n) is 15.0. The van der Waals surface area contributed by atoms with Crippen LogP contribution in [0.15, 0.2) is 167 Å². The highest BCUT2D eigenvalue weighted by atomic mass is 16.3. The maximum Gasteiger partial charge on any atom is 0.227 e. The maximum atomic E-state index is 6.34. The molecule has 0 radical (unpaired) electrons. The number of furan rings is 1. The van der Waals surface area contributed by atoms with Crippen LogP contribution in [0.4, 0.5) is 17.1 Å². The fourth-order valence-electron chi connectivity index (χ4n) is 6.36. The normalized spacial score (nSPS) is 11.6. The molecule has 7 aromatic carbocycles. The minimum Gasteiger partial charge on any atom is -0.456 e. The number of oxazole rings is 1. The van der Waals surface area contributed by atoms with Crippen LogP contribution in [-0.2, 0) is 0 Å². The van der Waals surface area contributed by atoms with E-state index in [9.17, 15) is 0 Å². The van der Waals surface area contributed by atoms with Crippen molar-refractivity contribution < 1.29 is 8.83 Å². The van der Waals surface area contributed by atoms with Gasteiger partial charge in [0.1, 0.15) is 16.7 Å². The first kappa shape index (κ1) is 25.4. The first-order valence-corrected chi connectivity index (χ1v) is 15.0. The van der Waals surface area contributed by atoms with Gasteiger partial charge >= 0.3 is 0 Å². The number of benzene rings is 7. The van der Waals surface area contributed by atoms with E-state index in [1.807, 2.05) is 48.5 Å². The van der Waals surface area contributed by atoms with Gasteiger partial charge in [0.25, 0.3) is 0 Å². The molecule has 45 heavy (non-hydrogen) atoms. The van der Waals surface area contributed by atoms with Crippen LogP contribution in [0, 0.1) is 0 Å². The molecule has 0 N–H and O–H groups in total. The fourth-order valence-corrected chi connectivity index (χ4v) is 6.36. The Balaban J connectivity index is 1.25. The summed E-state index contributed by atoms with van der Waals surface area (Å²) in [5, 5.41) is 4.35. The molecule has 0 amide bonds. The molecule has 0 spiro atoms. The monoisotopic (exact) mass is 578 g/mol. The SMILES string of the molecule is c1ccc(-c2nc3c(ccc4cc(N(c5ccc6c(c5)oc5ccccc56)c5ccccc5-c5ccccc5)ccc43)o2)cc1. The minimum absolute atomic E-state index is 0.625. The molecule has 212 valence electrons. The Morgan fingerprint density at radius 1 is 0.444 bits per heavy atom. The molecular weight excluding hydrogens is 552 g/mol. The van der Waals surface area contributed by atoms with Crippen LogP contribution < -0.4 is 4.90 Å². The number of anilines is 3. The van der Waals surface area contributed by atoms with Crippen molar-refractivity contribution in [2.45, 2.75) is 0 Å². The van der Waals surface area contributed by atoms with Crippen LogP contribution in [0.1, 0.15) is 0 Å². The summed E-state index contributed by atoms with van der Waals surface area (Å²) < 4.78 is 12.5. The summed E-state index contributed by atoms with van der Waals surface area (Å²) in [6, 6.07) is 54.5. The summed E-state index contributed by atoms with van der Waals surface area (Å²) in [6.07, 6.45) is 0. The minimum atomic E-state index is 0.625. The Labute approximate surface area is 259 Å². The van der Waals surface area contributed by atoms with Gasteiger partial charge in [0.15, 0.2) is 5.58 Å². The largest absolute Gasteiger partial charge is 0.456 e. The van der Waals surface area contributed by atoms with Crippen LogP contribution in [0.2, 0.25) is 0 Å². The zero-order chi connectivity index (χ0) is 29.7. The molecule has 0 unspecified atom stereocenters. The second-order valence-corrected chi connectivity index (χ2v) is 11.2. The van der Waals surface area contributed by atoms with Crippen LogP contribution in [0.5, 0.6) is 0 Å². The molecule has 0 aliphatic heterocycles. The summed E-state index contributed by atoms with van der Waals surface area (Å²) in [7, 11) is 0. The van der Waals surface area contributed by atoms with Crippen LogP contribution in [0.3, 0.4) is 0 Å². The third-order valence-electron chi connectivity index (χ3n) is 8.49. The highest BCUT2D eigenvalue weighted by Crippen LogP contribution is 2.43. The number of para-hydroxylation sites is 2. The molecule has 0 saturated carbocycles. The Hall–Kier alpha value is -6.13. The van der Waals surface area contributed by atoms with E-state index in [0.29, 0.717) is 5.89 Å². The van der Waals surface area contributed by atoms with E-state index < -0.39 is 0 Å². The average molecular weight is 579 g/mol. The Morgan fingerprint density at radius 3 is 1.96 bits per heavy atom. The molecule has 0 bridgehead atoms. The summed E-state index contributed by atoms with van der Waals surface area (Å²) in [5.74, 6) is 0.625. The van der Waals surface area contributed by atoms with Crippen molar-refractivity contribution in [2.24, 2.45) is 0 Å². The quantitative estimate of drug-likeness (QED) is 0.204. The molecule has 4 nitrogen and oxygen atoms in total. The lowest BCUT2D eigenvalue weighted by atomic mass is 10.0. The Morgan fingerprint density at radius 2 is 1.11 bits per heavy atom. The summed E-state index contributed by atoms with van der Waals surface area (Å²) in [6.45, 7) is 0. The second kappa shape index (κ2) is 10.2. The maximum absolute atomic E-state index is 6.34. The van der Waals surface area contributed by atoms with E-state index in [2.05, 4.69) is 114 Å². The van der Waals surface area contributed by atoms with E-state index in [-0.39, 0.29) is 0 Å². The van der Waals surface area contributed by atoms with E-state index in [1.165, 1.54) is 0 Å². The molecule has 0 fully saturated rings. The number of nitrogens with zero attached hydrogens (tertiary/aromatic N) is 2. The Kier molecular flexibility index (Phi) is 5.78. The third kappa shape index (κ3) is 4.27. The van der Waals surface area contributed by atoms with Crippen molar-refractivity contribution in [2.75, 3.05) is 4.90 Å². The van der Waals surface area contributed by atoms with Crippen molar-refractivity contribution in [3.8, 4) is 22.6 Å². The summed E-state index contributed by atoms with van der Waals surface area (Å²) in [4.78, 5) is 7.23. The van der Waals surface area contributed by atoms with Crippen molar-refractivity contribution in [3.05, 3.63) is 158 Å². The van der Waals surface area contributed by atoms with Gasteiger partial charge in [-0.05, 0) is 71.6 Å². The van der Waals surface area contributed by atoms with Crippen molar-refractivity contribution in [1.29, 1.82) is 0 Å². The molecule has 0 aliphatic carbocycles. The van der Waals surface area contributed by atoms with E-state index in [0.717, 1.165) is 77.6 Å². The zero-order valence-corrected chi connectivity index (χ0v) is 24.2. The average Bonchev–Trinajstić information content (AvgIpc) is 3.71. The molecule has 4 heteroatoms. The van der Waals surface area contributed by atoms with Gasteiger partial charge in [0, 0.05) is 44.7 Å². The van der Waals surface area contributed by atoms with Gasteiger partial charge in [-0.2, -0.15) is 0 Å². The van der Waals surface area contributed by atoms with Gasteiger partial charge in [0.05, 0.1) is 5.69 Å². The topological polar surface area (TPSA) is 42.4 Å². The molecule has 9 aromatic rings. The molecule has 0 aliphatic rings. The lowest BCUT2D eigenvalue weighted by Gasteiger charge is -2.28. The number of fused-ring (bicyclic) bond motifs is 6. The van der Waals surface area contributed by atoms with Gasteiger partial charge in [-0.15, -0.1) is 0 Å². The lowest BCUT2D eigenvalue weighted by molar-refractivity contribution is 0.620. The predicted octanol–water partition coefficient (Wildman–Crippen LogP) is 11.7. The smallest absolute Gasteiger partial charge is 0.227 e. The number of rotatable bonds is 5. The standard InChI is InChI=1S/C41H26N2O2/c1-3-11-27(12-4-1)32-15-7-9-17-36(32)43(31-21-23-35-34-16-8-10-18-37(34)44-39(35)26-31)30-20-22-33-29(25-30)19-24-38-40(33)42-41(45-38)28-13-5-2-6-14-28/h1-26H. The first-order chi connectivity index (χ1) is 22.3. The van der Waals surface area contributed by atoms with Crippen LogP contribution >= 0.6 is 0 Å². The molecule has 2 aromatic heterocycles. The van der Waals surface area contributed by atoms with Gasteiger partial charge in [-0.25, -0.2) is 4.98 Å². The summed E-state index contributed by atoms with van der Waals surface area (Å²) >= 11 is 0. The number of hydrogen-bond donors (Lipinski definition) is 0. The lowest BCUT2D eigenvalue weighted by Crippen LogP contribution is -2.11. The molecule has 9 rings (SSSR count). The van der Waals surface area contributed by atoms with Gasteiger partial charge < -0.3 is 13.7 Å². The molecule has 0 atom stereocenters. The van der Waals surface area contributed by atoms with E-state index in [1.54, 1.807) is 0 Å². The van der Waals surface area contributed by atoms with Crippen molar-refractivity contribution in [1.82, 2.24) is 4.98 Å². The highest BCUT2D eigenvalue weighted by Gasteiger charge is 2.20. The van der Waals surface area contributed by atoms with Crippen LogP contribution in [-0.4, -0.2) is 4.98 Å². The third-order valence-corrected chi connectivity index (χ3v) is 8.49. The van der Waals surface area contributed by atoms with Gasteiger partial charge in [-0.1, -0.05) is 91.0 Å². The van der Waals surface area contributed by atoms with E-state index in [4.69, 9.17) is 13.8 Å². The number of hydrogen-bond acceptors (Lipinski definition) is 4. The van der Waals surface area contributed by atoms with Gasteiger partial charge in [0.2, 0.25) is 5.89 Å². The van der Waals surface area contributed by atoms with Crippen molar-refractivity contribution >= 4 is 60.9 Å².